The lowest BCUT2D eigenvalue weighted by Gasteiger charge is -2.29. The molecule has 0 fully saturated rings. The van der Waals surface area contributed by atoms with Crippen LogP contribution in [0.2, 0.25) is 5.02 Å². The molecule has 0 amide bonds. The first-order chi connectivity index (χ1) is 8.36. The predicted octanol–water partition coefficient (Wildman–Crippen LogP) is 5.38. The summed E-state index contributed by atoms with van der Waals surface area (Å²) in [6, 6.07) is 7.23. The lowest BCUT2D eigenvalue weighted by atomic mass is 9.74. The van der Waals surface area contributed by atoms with Crippen LogP contribution in [0.25, 0.3) is 0 Å². The first kappa shape index (κ1) is 15.2. The Bertz CT molecular complexity index is 387. The van der Waals surface area contributed by atoms with Gasteiger partial charge in [0.05, 0.1) is 0 Å². The molecule has 0 aliphatic rings. The van der Waals surface area contributed by atoms with Crippen LogP contribution in [0.3, 0.4) is 0 Å². The molecule has 1 aromatic carbocycles. The normalized spacial score (nSPS) is 13.4. The number of hydrogen-bond donors (Lipinski definition) is 0. The van der Waals surface area contributed by atoms with E-state index in [1.165, 1.54) is 0 Å². The minimum Gasteiger partial charge on any atom is -0.294 e. The highest BCUT2D eigenvalue weighted by atomic mass is 35.5. The summed E-state index contributed by atoms with van der Waals surface area (Å²) >= 11 is 5.86. The number of Topliss-reactive ketones (excluding diaryl/α,β-unsaturated/α-hetero) is 1. The molecule has 18 heavy (non-hydrogen) atoms. The van der Waals surface area contributed by atoms with Gasteiger partial charge in [-0.25, -0.2) is 0 Å². The third kappa shape index (κ3) is 4.13. The summed E-state index contributed by atoms with van der Waals surface area (Å²) in [6.07, 6.45) is 3.18. The summed E-state index contributed by atoms with van der Waals surface area (Å²) in [4.78, 5) is 12.6. The standard InChI is InChI=1S/C16H23ClO/c1-5-6-7-14(16(2,3)4)15(18)12-8-10-13(17)11-9-12/h8-11,14H,5-7H2,1-4H3. The van der Waals surface area contributed by atoms with E-state index in [0.29, 0.717) is 5.02 Å². The number of carbonyl (C=O) groups is 1. The number of halogens is 1. The van der Waals surface area contributed by atoms with E-state index < -0.39 is 0 Å². The first-order valence-electron chi connectivity index (χ1n) is 6.66. The monoisotopic (exact) mass is 266 g/mol. The Morgan fingerprint density at radius 1 is 1.22 bits per heavy atom. The summed E-state index contributed by atoms with van der Waals surface area (Å²) in [7, 11) is 0. The largest absolute Gasteiger partial charge is 0.294 e. The average Bonchev–Trinajstić information content (AvgIpc) is 2.28. The fourth-order valence-corrected chi connectivity index (χ4v) is 2.31. The van der Waals surface area contributed by atoms with E-state index in [1.54, 1.807) is 12.1 Å². The van der Waals surface area contributed by atoms with E-state index >= 15 is 0 Å². The second-order valence-corrected chi connectivity index (χ2v) is 6.37. The molecule has 100 valence electrons. The van der Waals surface area contributed by atoms with Crippen molar-refractivity contribution in [3.05, 3.63) is 34.9 Å². The maximum atomic E-state index is 12.6. The Balaban J connectivity index is 2.91. The van der Waals surface area contributed by atoms with E-state index in [2.05, 4.69) is 27.7 Å². The molecular formula is C16H23ClO. The van der Waals surface area contributed by atoms with Crippen molar-refractivity contribution in [2.75, 3.05) is 0 Å². The number of carbonyl (C=O) groups excluding carboxylic acids is 1. The second-order valence-electron chi connectivity index (χ2n) is 5.93. The molecule has 0 heterocycles. The van der Waals surface area contributed by atoms with Crippen molar-refractivity contribution < 1.29 is 4.79 Å². The van der Waals surface area contributed by atoms with Gasteiger partial charge in [0.2, 0.25) is 0 Å². The van der Waals surface area contributed by atoms with E-state index in [-0.39, 0.29) is 17.1 Å². The highest BCUT2D eigenvalue weighted by molar-refractivity contribution is 6.30. The Morgan fingerprint density at radius 2 is 1.78 bits per heavy atom. The average molecular weight is 267 g/mol. The molecule has 1 atom stereocenters. The molecule has 0 saturated carbocycles. The lowest BCUT2D eigenvalue weighted by Crippen LogP contribution is -2.28. The molecule has 1 nitrogen and oxygen atoms in total. The van der Waals surface area contributed by atoms with Crippen LogP contribution in [-0.2, 0) is 0 Å². The molecule has 0 aromatic heterocycles. The fourth-order valence-electron chi connectivity index (χ4n) is 2.18. The van der Waals surface area contributed by atoms with Crippen LogP contribution in [0.4, 0.5) is 0 Å². The van der Waals surface area contributed by atoms with Gasteiger partial charge in [-0.15, -0.1) is 0 Å². The van der Waals surface area contributed by atoms with E-state index in [9.17, 15) is 4.79 Å². The molecule has 0 spiro atoms. The van der Waals surface area contributed by atoms with Gasteiger partial charge < -0.3 is 0 Å². The molecule has 1 rings (SSSR count). The number of rotatable bonds is 5. The molecule has 0 aliphatic carbocycles. The number of unbranched alkanes of at least 4 members (excludes halogenated alkanes) is 1. The summed E-state index contributed by atoms with van der Waals surface area (Å²) < 4.78 is 0. The van der Waals surface area contributed by atoms with Gasteiger partial charge in [0.1, 0.15) is 0 Å². The molecule has 0 saturated heterocycles. The van der Waals surface area contributed by atoms with Crippen molar-refractivity contribution in [3.63, 3.8) is 0 Å². The van der Waals surface area contributed by atoms with Gasteiger partial charge in [0, 0.05) is 16.5 Å². The SMILES string of the molecule is CCCCC(C(=O)c1ccc(Cl)cc1)C(C)(C)C. The third-order valence-corrected chi connectivity index (χ3v) is 3.59. The minimum absolute atomic E-state index is 0.00584. The molecule has 1 unspecified atom stereocenters. The van der Waals surface area contributed by atoms with Gasteiger partial charge in [-0.05, 0) is 36.1 Å². The van der Waals surface area contributed by atoms with Gasteiger partial charge in [-0.2, -0.15) is 0 Å². The third-order valence-electron chi connectivity index (χ3n) is 3.34. The van der Waals surface area contributed by atoms with Crippen LogP contribution in [0.15, 0.2) is 24.3 Å². The van der Waals surface area contributed by atoms with Crippen LogP contribution in [0, 0.1) is 11.3 Å². The van der Waals surface area contributed by atoms with Crippen LogP contribution >= 0.6 is 11.6 Å². The van der Waals surface area contributed by atoms with Crippen LogP contribution in [0.1, 0.15) is 57.3 Å². The van der Waals surface area contributed by atoms with Crippen molar-refractivity contribution in [3.8, 4) is 0 Å². The topological polar surface area (TPSA) is 17.1 Å². The zero-order chi connectivity index (χ0) is 13.8. The molecule has 0 aliphatic heterocycles. The Kier molecular flexibility index (Phi) is 5.40. The van der Waals surface area contributed by atoms with Crippen molar-refractivity contribution >= 4 is 17.4 Å². The van der Waals surface area contributed by atoms with Gasteiger partial charge >= 0.3 is 0 Å². The lowest BCUT2D eigenvalue weighted by molar-refractivity contribution is 0.0800. The smallest absolute Gasteiger partial charge is 0.166 e. The van der Waals surface area contributed by atoms with Crippen LogP contribution < -0.4 is 0 Å². The molecule has 2 heteroatoms. The van der Waals surface area contributed by atoms with Gasteiger partial charge in [0.25, 0.3) is 0 Å². The Labute approximate surface area is 116 Å². The number of benzene rings is 1. The first-order valence-corrected chi connectivity index (χ1v) is 7.04. The van der Waals surface area contributed by atoms with Crippen molar-refractivity contribution in [1.82, 2.24) is 0 Å². The quantitative estimate of drug-likeness (QED) is 0.655. The Hall–Kier alpha value is -0.820. The zero-order valence-electron chi connectivity index (χ0n) is 11.8. The van der Waals surface area contributed by atoms with Crippen molar-refractivity contribution in [2.45, 2.75) is 47.0 Å². The van der Waals surface area contributed by atoms with Crippen LogP contribution in [-0.4, -0.2) is 5.78 Å². The summed E-state index contributed by atoms with van der Waals surface area (Å²) in [5, 5.41) is 0.674. The molecule has 0 radical (unpaired) electrons. The van der Waals surface area contributed by atoms with Gasteiger partial charge in [0.15, 0.2) is 5.78 Å². The minimum atomic E-state index is 0.00584. The Morgan fingerprint density at radius 3 is 2.22 bits per heavy atom. The summed E-state index contributed by atoms with van der Waals surface area (Å²) in [5.74, 6) is 0.325. The predicted molar refractivity (Wildman–Crippen MR) is 78.3 cm³/mol. The van der Waals surface area contributed by atoms with E-state index in [4.69, 9.17) is 11.6 Å². The molecular weight excluding hydrogens is 244 g/mol. The van der Waals surface area contributed by atoms with Crippen molar-refractivity contribution in [2.24, 2.45) is 11.3 Å². The van der Waals surface area contributed by atoms with Crippen LogP contribution in [0.5, 0.6) is 0 Å². The van der Waals surface area contributed by atoms with E-state index in [0.717, 1.165) is 24.8 Å². The summed E-state index contributed by atoms with van der Waals surface area (Å²) in [5.41, 5.74) is 0.779. The molecule has 0 bridgehead atoms. The maximum Gasteiger partial charge on any atom is 0.166 e. The molecule has 0 N–H and O–H groups in total. The summed E-state index contributed by atoms with van der Waals surface area (Å²) in [6.45, 7) is 8.58. The van der Waals surface area contributed by atoms with Gasteiger partial charge in [-0.3, -0.25) is 4.79 Å². The zero-order valence-corrected chi connectivity index (χ0v) is 12.6. The fraction of sp³-hybridized carbons (Fsp3) is 0.562. The number of ketones is 1. The highest BCUT2D eigenvalue weighted by Crippen LogP contribution is 2.33. The molecule has 1 aromatic rings. The van der Waals surface area contributed by atoms with Gasteiger partial charge in [-0.1, -0.05) is 52.1 Å². The second kappa shape index (κ2) is 6.38. The number of hydrogen-bond acceptors (Lipinski definition) is 1. The highest BCUT2D eigenvalue weighted by Gasteiger charge is 2.31. The maximum absolute atomic E-state index is 12.6. The van der Waals surface area contributed by atoms with Crippen molar-refractivity contribution in [1.29, 1.82) is 0 Å². The van der Waals surface area contributed by atoms with E-state index in [1.807, 2.05) is 12.1 Å².